The Morgan fingerprint density at radius 3 is 2.89 bits per heavy atom. The standard InChI is InChI=1S/C14H20N2O2S/c1-14(2,3)15-8-11-7-12(18-16-11)9-17-10-13-5-4-6-19-13/h4-7,15H,8-10H2,1-3H3. The molecule has 0 spiro atoms. The van der Waals surface area contributed by atoms with Gasteiger partial charge < -0.3 is 14.6 Å². The number of nitrogens with one attached hydrogen (secondary N) is 1. The number of nitrogens with zero attached hydrogens (tertiary/aromatic N) is 1. The van der Waals surface area contributed by atoms with Gasteiger partial charge in [-0.25, -0.2) is 0 Å². The SMILES string of the molecule is CC(C)(C)NCc1cc(COCc2cccs2)on1. The van der Waals surface area contributed by atoms with E-state index >= 15 is 0 Å². The summed E-state index contributed by atoms with van der Waals surface area (Å²) in [7, 11) is 0. The lowest BCUT2D eigenvalue weighted by Gasteiger charge is -2.19. The van der Waals surface area contributed by atoms with Crippen molar-refractivity contribution in [1.82, 2.24) is 10.5 Å². The summed E-state index contributed by atoms with van der Waals surface area (Å²) in [6, 6.07) is 6.02. The molecular formula is C14H20N2O2S. The third-order valence-corrected chi connectivity index (χ3v) is 3.33. The van der Waals surface area contributed by atoms with Crippen molar-refractivity contribution in [2.45, 2.75) is 46.1 Å². The van der Waals surface area contributed by atoms with Crippen molar-refractivity contribution in [3.63, 3.8) is 0 Å². The summed E-state index contributed by atoms with van der Waals surface area (Å²) in [6.07, 6.45) is 0. The minimum atomic E-state index is 0.0782. The van der Waals surface area contributed by atoms with Crippen molar-refractivity contribution in [2.75, 3.05) is 0 Å². The predicted molar refractivity (Wildman–Crippen MR) is 75.9 cm³/mol. The quantitative estimate of drug-likeness (QED) is 0.881. The van der Waals surface area contributed by atoms with E-state index in [2.05, 4.69) is 37.3 Å². The van der Waals surface area contributed by atoms with Gasteiger partial charge in [-0.2, -0.15) is 0 Å². The largest absolute Gasteiger partial charge is 0.368 e. The molecule has 2 rings (SSSR count). The van der Waals surface area contributed by atoms with Crippen LogP contribution in [0.1, 0.15) is 37.1 Å². The van der Waals surface area contributed by atoms with Crippen LogP contribution < -0.4 is 5.32 Å². The molecule has 4 nitrogen and oxygen atoms in total. The third-order valence-electron chi connectivity index (χ3n) is 2.48. The van der Waals surface area contributed by atoms with Crippen LogP contribution in [0, 0.1) is 0 Å². The van der Waals surface area contributed by atoms with E-state index in [1.165, 1.54) is 4.88 Å². The van der Waals surface area contributed by atoms with Gasteiger partial charge in [0, 0.05) is 23.0 Å². The minimum absolute atomic E-state index is 0.0782. The molecule has 0 amide bonds. The summed E-state index contributed by atoms with van der Waals surface area (Å²) in [6.45, 7) is 8.15. The second-order valence-corrected chi connectivity index (χ2v) is 6.49. The van der Waals surface area contributed by atoms with Crippen LogP contribution in [0.5, 0.6) is 0 Å². The highest BCUT2D eigenvalue weighted by atomic mass is 32.1. The van der Waals surface area contributed by atoms with E-state index in [9.17, 15) is 0 Å². The van der Waals surface area contributed by atoms with E-state index in [0.717, 1.165) is 11.5 Å². The molecule has 0 saturated heterocycles. The van der Waals surface area contributed by atoms with Crippen molar-refractivity contribution in [3.05, 3.63) is 39.9 Å². The van der Waals surface area contributed by atoms with Crippen LogP contribution in [0.15, 0.2) is 28.1 Å². The summed E-state index contributed by atoms with van der Waals surface area (Å²) in [5.41, 5.74) is 0.985. The van der Waals surface area contributed by atoms with Crippen molar-refractivity contribution in [1.29, 1.82) is 0 Å². The monoisotopic (exact) mass is 280 g/mol. The van der Waals surface area contributed by atoms with E-state index in [1.54, 1.807) is 11.3 Å². The average Bonchev–Trinajstić information content (AvgIpc) is 2.97. The maximum absolute atomic E-state index is 5.58. The second-order valence-electron chi connectivity index (χ2n) is 5.46. The van der Waals surface area contributed by atoms with Crippen LogP contribution in [0.4, 0.5) is 0 Å². The lowest BCUT2D eigenvalue weighted by atomic mass is 10.1. The minimum Gasteiger partial charge on any atom is -0.368 e. The van der Waals surface area contributed by atoms with Crippen LogP contribution in [-0.2, 0) is 24.5 Å². The fourth-order valence-electron chi connectivity index (χ4n) is 1.51. The average molecular weight is 280 g/mol. The number of hydrogen-bond acceptors (Lipinski definition) is 5. The highest BCUT2D eigenvalue weighted by molar-refractivity contribution is 7.09. The molecule has 19 heavy (non-hydrogen) atoms. The van der Waals surface area contributed by atoms with Crippen LogP contribution in [-0.4, -0.2) is 10.7 Å². The van der Waals surface area contributed by atoms with Crippen LogP contribution in [0.3, 0.4) is 0 Å². The maximum atomic E-state index is 5.58. The number of hydrogen-bond donors (Lipinski definition) is 1. The van der Waals surface area contributed by atoms with Gasteiger partial charge in [0.25, 0.3) is 0 Å². The summed E-state index contributed by atoms with van der Waals surface area (Å²) in [4.78, 5) is 1.22. The van der Waals surface area contributed by atoms with E-state index in [1.807, 2.05) is 17.5 Å². The van der Waals surface area contributed by atoms with Crippen LogP contribution >= 0.6 is 11.3 Å². The molecule has 2 aromatic rings. The Morgan fingerprint density at radius 2 is 2.21 bits per heavy atom. The molecule has 1 N–H and O–H groups in total. The molecule has 5 heteroatoms. The smallest absolute Gasteiger partial charge is 0.162 e. The Morgan fingerprint density at radius 1 is 1.37 bits per heavy atom. The van der Waals surface area contributed by atoms with Gasteiger partial charge in [0.05, 0.1) is 12.3 Å². The molecule has 0 atom stereocenters. The molecule has 0 aromatic carbocycles. The van der Waals surface area contributed by atoms with Crippen molar-refractivity contribution < 1.29 is 9.26 Å². The van der Waals surface area contributed by atoms with Gasteiger partial charge in [0.1, 0.15) is 6.61 Å². The first-order valence-corrected chi connectivity index (χ1v) is 7.20. The summed E-state index contributed by atoms with van der Waals surface area (Å²) in [5.74, 6) is 0.766. The second kappa shape index (κ2) is 6.32. The zero-order chi connectivity index (χ0) is 13.7. The van der Waals surface area contributed by atoms with E-state index < -0.39 is 0 Å². The lowest BCUT2D eigenvalue weighted by molar-refractivity contribution is 0.0901. The molecule has 0 fully saturated rings. The van der Waals surface area contributed by atoms with Gasteiger partial charge >= 0.3 is 0 Å². The Balaban J connectivity index is 1.74. The van der Waals surface area contributed by atoms with Gasteiger partial charge in [-0.1, -0.05) is 11.2 Å². The summed E-state index contributed by atoms with van der Waals surface area (Å²) in [5, 5.41) is 9.43. The first kappa shape index (κ1) is 14.2. The topological polar surface area (TPSA) is 47.3 Å². The fourth-order valence-corrected chi connectivity index (χ4v) is 2.15. The lowest BCUT2D eigenvalue weighted by Crippen LogP contribution is -2.35. The summed E-state index contributed by atoms with van der Waals surface area (Å²) >= 11 is 1.69. The Bertz CT molecular complexity index is 486. The normalized spacial score (nSPS) is 11.9. The van der Waals surface area contributed by atoms with Gasteiger partial charge in [0.2, 0.25) is 0 Å². The Kier molecular flexibility index (Phi) is 4.74. The summed E-state index contributed by atoms with van der Waals surface area (Å²) < 4.78 is 10.8. The third kappa shape index (κ3) is 5.14. The number of ether oxygens (including phenoxy) is 1. The van der Waals surface area contributed by atoms with Gasteiger partial charge in [0.15, 0.2) is 5.76 Å². The number of rotatable bonds is 6. The first-order chi connectivity index (χ1) is 9.03. The van der Waals surface area contributed by atoms with Gasteiger partial charge in [-0.3, -0.25) is 0 Å². The highest BCUT2D eigenvalue weighted by Gasteiger charge is 2.11. The highest BCUT2D eigenvalue weighted by Crippen LogP contribution is 2.12. The molecule has 104 valence electrons. The van der Waals surface area contributed by atoms with Crippen LogP contribution in [0.25, 0.3) is 0 Å². The zero-order valence-electron chi connectivity index (χ0n) is 11.6. The first-order valence-electron chi connectivity index (χ1n) is 6.32. The molecule has 2 heterocycles. The molecule has 0 radical (unpaired) electrons. The number of thiophene rings is 1. The van der Waals surface area contributed by atoms with Crippen LogP contribution in [0.2, 0.25) is 0 Å². The molecule has 0 aliphatic rings. The van der Waals surface area contributed by atoms with E-state index in [0.29, 0.717) is 19.8 Å². The fraction of sp³-hybridized carbons (Fsp3) is 0.500. The molecule has 2 aromatic heterocycles. The van der Waals surface area contributed by atoms with E-state index in [4.69, 9.17) is 9.26 Å². The molecule has 0 unspecified atom stereocenters. The zero-order valence-corrected chi connectivity index (χ0v) is 12.4. The van der Waals surface area contributed by atoms with Crippen molar-refractivity contribution in [3.8, 4) is 0 Å². The Hall–Kier alpha value is -1.17. The maximum Gasteiger partial charge on any atom is 0.162 e. The van der Waals surface area contributed by atoms with Crippen molar-refractivity contribution in [2.24, 2.45) is 0 Å². The van der Waals surface area contributed by atoms with Crippen molar-refractivity contribution >= 4 is 11.3 Å². The molecule has 0 bridgehead atoms. The Labute approximate surface area is 117 Å². The number of aromatic nitrogens is 1. The molecule has 0 saturated carbocycles. The van der Waals surface area contributed by atoms with E-state index in [-0.39, 0.29) is 5.54 Å². The molecular weight excluding hydrogens is 260 g/mol. The van der Waals surface area contributed by atoms with Gasteiger partial charge in [-0.15, -0.1) is 11.3 Å². The predicted octanol–water partition coefficient (Wildman–Crippen LogP) is 3.34. The molecule has 0 aliphatic heterocycles. The molecule has 0 aliphatic carbocycles. The van der Waals surface area contributed by atoms with Gasteiger partial charge in [-0.05, 0) is 32.2 Å².